The number of anilines is 1. The fourth-order valence-corrected chi connectivity index (χ4v) is 1.49. The van der Waals surface area contributed by atoms with Gasteiger partial charge < -0.3 is 5.32 Å². The van der Waals surface area contributed by atoms with Crippen molar-refractivity contribution in [1.82, 2.24) is 9.97 Å². The van der Waals surface area contributed by atoms with E-state index in [4.69, 9.17) is 0 Å². The second-order valence-electron chi connectivity index (χ2n) is 4.64. The first-order valence-electron chi connectivity index (χ1n) is 5.14. The Balaban J connectivity index is 2.01. The Kier molecular flexibility index (Phi) is 2.17. The van der Waals surface area contributed by atoms with Gasteiger partial charge in [0.25, 0.3) is 0 Å². The lowest BCUT2D eigenvalue weighted by Gasteiger charge is -2.10. The van der Waals surface area contributed by atoms with Gasteiger partial charge in [-0.05, 0) is 38.2 Å². The quantitative estimate of drug-likeness (QED) is 0.796. The van der Waals surface area contributed by atoms with Crippen LogP contribution in [-0.4, -0.2) is 16.5 Å². The molecule has 1 fully saturated rings. The first-order chi connectivity index (χ1) is 6.57. The van der Waals surface area contributed by atoms with Gasteiger partial charge in [0.05, 0.1) is 0 Å². The Morgan fingerprint density at radius 3 is 2.36 bits per heavy atom. The maximum Gasteiger partial charge on any atom is 0.223 e. The minimum atomic E-state index is 0.501. The van der Waals surface area contributed by atoms with E-state index in [0.29, 0.717) is 5.41 Å². The van der Waals surface area contributed by atoms with E-state index in [2.05, 4.69) is 22.2 Å². The van der Waals surface area contributed by atoms with Crippen LogP contribution in [0.15, 0.2) is 6.07 Å². The Morgan fingerprint density at radius 2 is 1.86 bits per heavy atom. The Hall–Kier alpha value is -1.12. The van der Waals surface area contributed by atoms with Crippen molar-refractivity contribution in [3.8, 4) is 0 Å². The van der Waals surface area contributed by atoms with Gasteiger partial charge in [-0.3, -0.25) is 0 Å². The largest absolute Gasteiger partial charge is 0.354 e. The zero-order valence-electron chi connectivity index (χ0n) is 9.09. The van der Waals surface area contributed by atoms with Gasteiger partial charge in [0, 0.05) is 17.9 Å². The minimum Gasteiger partial charge on any atom is -0.354 e. The predicted octanol–water partition coefficient (Wildman–Crippen LogP) is 2.31. The van der Waals surface area contributed by atoms with Gasteiger partial charge in [-0.1, -0.05) is 6.92 Å². The molecule has 2 rings (SSSR count). The molecule has 0 spiro atoms. The van der Waals surface area contributed by atoms with Gasteiger partial charge in [0.1, 0.15) is 0 Å². The molecule has 0 amide bonds. The van der Waals surface area contributed by atoms with E-state index in [1.807, 2.05) is 19.9 Å². The third-order valence-electron chi connectivity index (χ3n) is 2.76. The summed E-state index contributed by atoms with van der Waals surface area (Å²) in [6, 6.07) is 1.99. The third-order valence-corrected chi connectivity index (χ3v) is 2.76. The Bertz CT molecular complexity index is 322. The smallest absolute Gasteiger partial charge is 0.223 e. The van der Waals surface area contributed by atoms with Gasteiger partial charge >= 0.3 is 0 Å². The summed E-state index contributed by atoms with van der Waals surface area (Å²) in [6.07, 6.45) is 2.65. The molecule has 0 saturated heterocycles. The van der Waals surface area contributed by atoms with Crippen molar-refractivity contribution in [2.45, 2.75) is 33.6 Å². The number of aryl methyl sites for hydroxylation is 2. The molecule has 0 aromatic carbocycles. The topological polar surface area (TPSA) is 37.8 Å². The average Bonchev–Trinajstić information content (AvgIpc) is 2.80. The standard InChI is InChI=1S/C11H17N3/c1-8-6-9(2)14-10(13-8)12-7-11(3)4-5-11/h6H,4-5,7H2,1-3H3,(H,12,13,14). The normalized spacial score (nSPS) is 17.9. The third kappa shape index (κ3) is 2.22. The summed E-state index contributed by atoms with van der Waals surface area (Å²) in [5.74, 6) is 0.774. The molecule has 0 unspecified atom stereocenters. The maximum atomic E-state index is 4.34. The SMILES string of the molecule is Cc1cc(C)nc(NCC2(C)CC2)n1. The number of hydrogen-bond donors (Lipinski definition) is 1. The molecule has 1 saturated carbocycles. The number of aromatic nitrogens is 2. The molecule has 14 heavy (non-hydrogen) atoms. The molecule has 1 aromatic rings. The van der Waals surface area contributed by atoms with Crippen molar-refractivity contribution in [3.05, 3.63) is 17.5 Å². The second-order valence-corrected chi connectivity index (χ2v) is 4.64. The van der Waals surface area contributed by atoms with E-state index in [-0.39, 0.29) is 0 Å². The summed E-state index contributed by atoms with van der Waals surface area (Å²) in [6.45, 7) is 7.29. The van der Waals surface area contributed by atoms with Crippen molar-refractivity contribution >= 4 is 5.95 Å². The second kappa shape index (κ2) is 3.23. The van der Waals surface area contributed by atoms with E-state index in [1.54, 1.807) is 0 Å². The van der Waals surface area contributed by atoms with Crippen LogP contribution in [0.5, 0.6) is 0 Å². The van der Waals surface area contributed by atoms with Crippen LogP contribution in [0.3, 0.4) is 0 Å². The maximum absolute atomic E-state index is 4.34. The van der Waals surface area contributed by atoms with Crippen LogP contribution in [0.1, 0.15) is 31.2 Å². The Labute approximate surface area is 85.0 Å². The fraction of sp³-hybridized carbons (Fsp3) is 0.636. The van der Waals surface area contributed by atoms with Crippen LogP contribution in [0.2, 0.25) is 0 Å². The fourth-order valence-electron chi connectivity index (χ4n) is 1.49. The zero-order chi connectivity index (χ0) is 10.2. The van der Waals surface area contributed by atoms with Crippen LogP contribution in [0, 0.1) is 19.3 Å². The van der Waals surface area contributed by atoms with E-state index in [0.717, 1.165) is 23.9 Å². The highest BCUT2D eigenvalue weighted by atomic mass is 15.1. The first-order valence-corrected chi connectivity index (χ1v) is 5.14. The highest BCUT2D eigenvalue weighted by Crippen LogP contribution is 2.44. The molecule has 1 heterocycles. The minimum absolute atomic E-state index is 0.501. The molecule has 3 heteroatoms. The van der Waals surface area contributed by atoms with Gasteiger partial charge in [0.2, 0.25) is 5.95 Å². The van der Waals surface area contributed by atoms with Crippen LogP contribution in [0.25, 0.3) is 0 Å². The summed E-state index contributed by atoms with van der Waals surface area (Å²) in [4.78, 5) is 8.69. The lowest BCUT2D eigenvalue weighted by molar-refractivity contribution is 0.607. The Morgan fingerprint density at radius 1 is 1.29 bits per heavy atom. The molecule has 1 aliphatic rings. The van der Waals surface area contributed by atoms with Crippen molar-refractivity contribution in [1.29, 1.82) is 0 Å². The molecule has 0 radical (unpaired) electrons. The average molecular weight is 191 g/mol. The van der Waals surface area contributed by atoms with Gasteiger partial charge in [-0.25, -0.2) is 9.97 Å². The van der Waals surface area contributed by atoms with E-state index in [9.17, 15) is 0 Å². The summed E-state index contributed by atoms with van der Waals surface area (Å²) in [5.41, 5.74) is 2.56. The molecular weight excluding hydrogens is 174 g/mol. The summed E-state index contributed by atoms with van der Waals surface area (Å²) in [5, 5.41) is 3.31. The molecule has 3 nitrogen and oxygen atoms in total. The predicted molar refractivity (Wildman–Crippen MR) is 57.3 cm³/mol. The molecule has 1 aromatic heterocycles. The van der Waals surface area contributed by atoms with Crippen molar-refractivity contribution in [2.75, 3.05) is 11.9 Å². The first kappa shape index (κ1) is 9.44. The molecule has 1 N–H and O–H groups in total. The highest BCUT2D eigenvalue weighted by molar-refractivity contribution is 5.28. The lowest BCUT2D eigenvalue weighted by Crippen LogP contribution is -2.14. The molecular formula is C11H17N3. The van der Waals surface area contributed by atoms with E-state index >= 15 is 0 Å². The number of nitrogens with zero attached hydrogens (tertiary/aromatic N) is 2. The highest BCUT2D eigenvalue weighted by Gasteiger charge is 2.36. The molecule has 0 atom stereocenters. The molecule has 1 aliphatic carbocycles. The summed E-state index contributed by atoms with van der Waals surface area (Å²) in [7, 11) is 0. The van der Waals surface area contributed by atoms with Crippen LogP contribution in [0.4, 0.5) is 5.95 Å². The number of rotatable bonds is 3. The van der Waals surface area contributed by atoms with Crippen molar-refractivity contribution in [3.63, 3.8) is 0 Å². The van der Waals surface area contributed by atoms with Gasteiger partial charge in [-0.15, -0.1) is 0 Å². The van der Waals surface area contributed by atoms with Crippen LogP contribution < -0.4 is 5.32 Å². The molecule has 0 bridgehead atoms. The number of hydrogen-bond acceptors (Lipinski definition) is 3. The zero-order valence-corrected chi connectivity index (χ0v) is 9.09. The van der Waals surface area contributed by atoms with Crippen LogP contribution >= 0.6 is 0 Å². The van der Waals surface area contributed by atoms with Gasteiger partial charge in [0.15, 0.2) is 0 Å². The monoisotopic (exact) mass is 191 g/mol. The number of nitrogens with one attached hydrogen (secondary N) is 1. The summed E-state index contributed by atoms with van der Waals surface area (Å²) < 4.78 is 0. The van der Waals surface area contributed by atoms with Crippen molar-refractivity contribution < 1.29 is 0 Å². The van der Waals surface area contributed by atoms with E-state index < -0.39 is 0 Å². The van der Waals surface area contributed by atoms with Crippen LogP contribution in [-0.2, 0) is 0 Å². The molecule has 76 valence electrons. The lowest BCUT2D eigenvalue weighted by atomic mass is 10.1. The summed E-state index contributed by atoms with van der Waals surface area (Å²) >= 11 is 0. The molecule has 0 aliphatic heterocycles. The van der Waals surface area contributed by atoms with Gasteiger partial charge in [-0.2, -0.15) is 0 Å². The van der Waals surface area contributed by atoms with E-state index in [1.165, 1.54) is 12.8 Å². The van der Waals surface area contributed by atoms with Crippen molar-refractivity contribution in [2.24, 2.45) is 5.41 Å².